The van der Waals surface area contributed by atoms with Crippen molar-refractivity contribution in [3.63, 3.8) is 0 Å². The molecule has 3 heteroatoms. The van der Waals surface area contributed by atoms with E-state index < -0.39 is 0 Å². The molecule has 0 heterocycles. The second-order valence-corrected chi connectivity index (χ2v) is 3.02. The van der Waals surface area contributed by atoms with Gasteiger partial charge in [-0.25, -0.2) is 4.79 Å². The van der Waals surface area contributed by atoms with E-state index in [9.17, 15) is 4.79 Å². The highest BCUT2D eigenvalue weighted by Gasteiger charge is 2.07. The van der Waals surface area contributed by atoms with Gasteiger partial charge < -0.3 is 10.2 Å². The van der Waals surface area contributed by atoms with Gasteiger partial charge in [-0.1, -0.05) is 36.5 Å². The zero-order valence-corrected chi connectivity index (χ0v) is 7.90. The average molecular weight is 178 g/mol. The average Bonchev–Trinajstić information content (AvgIpc) is 2.32. The Kier molecular flexibility index (Phi) is 3.31. The molecule has 1 rings (SSSR count). The second kappa shape index (κ2) is 4.50. The summed E-state index contributed by atoms with van der Waals surface area (Å²) in [5.74, 6) is 0. The number of carbonyl (C=O) groups excluding carboxylic acids is 1. The summed E-state index contributed by atoms with van der Waals surface area (Å²) < 4.78 is 0. The van der Waals surface area contributed by atoms with Crippen molar-refractivity contribution < 1.29 is 4.79 Å². The van der Waals surface area contributed by atoms with E-state index in [2.05, 4.69) is 5.32 Å². The van der Waals surface area contributed by atoms with E-state index in [0.717, 1.165) is 0 Å². The monoisotopic (exact) mass is 178 g/mol. The number of nitrogens with zero attached hydrogens (tertiary/aromatic N) is 1. The first-order valence-electron chi connectivity index (χ1n) is 4.19. The van der Waals surface area contributed by atoms with E-state index in [1.54, 1.807) is 14.1 Å². The minimum atomic E-state index is -0.0822. The number of rotatable bonds is 1. The summed E-state index contributed by atoms with van der Waals surface area (Å²) in [6.45, 7) is 0. The van der Waals surface area contributed by atoms with Crippen LogP contribution in [0.2, 0.25) is 0 Å². The molecule has 70 valence electrons. The van der Waals surface area contributed by atoms with E-state index in [1.165, 1.54) is 4.90 Å². The predicted octanol–water partition coefficient (Wildman–Crippen LogP) is 1.31. The van der Waals surface area contributed by atoms with E-state index >= 15 is 0 Å². The number of allylic oxidation sites excluding steroid dienone is 4. The van der Waals surface area contributed by atoms with Gasteiger partial charge in [-0.05, 0) is 0 Å². The van der Waals surface area contributed by atoms with Crippen LogP contribution >= 0.6 is 0 Å². The quantitative estimate of drug-likeness (QED) is 0.645. The Bertz CT molecular complexity index is 248. The number of amides is 2. The lowest BCUT2D eigenvalue weighted by atomic mass is 10.2. The Morgan fingerprint density at radius 2 is 1.69 bits per heavy atom. The fraction of sp³-hybridized carbons (Fsp3) is 0.300. The summed E-state index contributed by atoms with van der Waals surface area (Å²) in [6, 6.07) is -0.0916. The van der Waals surface area contributed by atoms with Gasteiger partial charge in [-0.2, -0.15) is 0 Å². The van der Waals surface area contributed by atoms with Gasteiger partial charge in [0.25, 0.3) is 0 Å². The molecule has 0 radical (unpaired) electrons. The molecule has 0 spiro atoms. The van der Waals surface area contributed by atoms with Crippen LogP contribution in [-0.4, -0.2) is 31.1 Å². The van der Waals surface area contributed by atoms with Crippen LogP contribution in [0.4, 0.5) is 4.79 Å². The largest absolute Gasteiger partial charge is 0.331 e. The molecule has 3 nitrogen and oxygen atoms in total. The van der Waals surface area contributed by atoms with E-state index in [0.29, 0.717) is 0 Å². The molecule has 0 bridgehead atoms. The van der Waals surface area contributed by atoms with E-state index in [1.807, 2.05) is 36.5 Å². The normalized spacial score (nSPS) is 15.5. The lowest BCUT2D eigenvalue weighted by Crippen LogP contribution is -2.39. The van der Waals surface area contributed by atoms with Crippen LogP contribution in [0.5, 0.6) is 0 Å². The molecule has 1 N–H and O–H groups in total. The van der Waals surface area contributed by atoms with E-state index in [-0.39, 0.29) is 12.1 Å². The van der Waals surface area contributed by atoms with Crippen molar-refractivity contribution in [2.24, 2.45) is 0 Å². The lowest BCUT2D eigenvalue weighted by molar-refractivity contribution is 0.217. The van der Waals surface area contributed by atoms with Crippen molar-refractivity contribution in [3.05, 3.63) is 36.5 Å². The number of urea groups is 1. The van der Waals surface area contributed by atoms with Crippen LogP contribution in [-0.2, 0) is 0 Å². The molecule has 0 aromatic rings. The Balaban J connectivity index is 2.50. The van der Waals surface area contributed by atoms with Crippen LogP contribution in [0.25, 0.3) is 0 Å². The highest BCUT2D eigenvalue weighted by molar-refractivity contribution is 5.74. The summed E-state index contributed by atoms with van der Waals surface area (Å²) in [5.41, 5.74) is 0. The molecule has 0 atom stereocenters. The highest BCUT2D eigenvalue weighted by atomic mass is 16.2. The van der Waals surface area contributed by atoms with Gasteiger partial charge in [0.15, 0.2) is 0 Å². The highest BCUT2D eigenvalue weighted by Crippen LogP contribution is 1.97. The maximum atomic E-state index is 11.2. The van der Waals surface area contributed by atoms with Crippen molar-refractivity contribution >= 4 is 6.03 Å². The number of hydrogen-bond acceptors (Lipinski definition) is 1. The third kappa shape index (κ3) is 3.15. The molecule has 0 saturated carbocycles. The molecular weight excluding hydrogens is 164 g/mol. The van der Waals surface area contributed by atoms with Gasteiger partial charge >= 0.3 is 6.03 Å². The number of nitrogens with one attached hydrogen (secondary N) is 1. The lowest BCUT2D eigenvalue weighted by Gasteiger charge is -2.15. The van der Waals surface area contributed by atoms with Gasteiger partial charge in [-0.15, -0.1) is 0 Å². The molecule has 0 saturated heterocycles. The van der Waals surface area contributed by atoms with Crippen LogP contribution in [0.1, 0.15) is 0 Å². The zero-order valence-electron chi connectivity index (χ0n) is 7.90. The van der Waals surface area contributed by atoms with Crippen molar-refractivity contribution in [1.82, 2.24) is 10.2 Å². The number of carbonyl (C=O) groups is 1. The third-order valence-electron chi connectivity index (χ3n) is 1.67. The van der Waals surface area contributed by atoms with Crippen LogP contribution < -0.4 is 5.32 Å². The first-order chi connectivity index (χ1) is 6.20. The summed E-state index contributed by atoms with van der Waals surface area (Å²) in [6.07, 6.45) is 11.6. The third-order valence-corrected chi connectivity index (χ3v) is 1.67. The SMILES string of the molecule is CN(C)C(=O)NC1C=CC=CC=C1. The fourth-order valence-electron chi connectivity index (χ4n) is 0.928. The minimum absolute atomic E-state index is 0.00935. The first-order valence-corrected chi connectivity index (χ1v) is 4.19. The van der Waals surface area contributed by atoms with Gasteiger partial charge in [0, 0.05) is 14.1 Å². The molecule has 0 unspecified atom stereocenters. The van der Waals surface area contributed by atoms with Crippen molar-refractivity contribution in [1.29, 1.82) is 0 Å². The molecule has 0 aliphatic heterocycles. The molecule has 0 aromatic heterocycles. The molecule has 0 aromatic carbocycles. The summed E-state index contributed by atoms with van der Waals surface area (Å²) in [7, 11) is 3.44. The molecule has 13 heavy (non-hydrogen) atoms. The molecule has 2 amide bonds. The molecule has 1 aliphatic rings. The molecule has 0 fully saturated rings. The van der Waals surface area contributed by atoms with Crippen LogP contribution in [0.15, 0.2) is 36.5 Å². The Labute approximate surface area is 78.4 Å². The van der Waals surface area contributed by atoms with Gasteiger partial charge in [0.1, 0.15) is 0 Å². The van der Waals surface area contributed by atoms with Crippen molar-refractivity contribution in [3.8, 4) is 0 Å². The second-order valence-electron chi connectivity index (χ2n) is 3.02. The number of hydrogen-bond donors (Lipinski definition) is 1. The van der Waals surface area contributed by atoms with Gasteiger partial charge in [0.2, 0.25) is 0 Å². The van der Waals surface area contributed by atoms with Gasteiger partial charge in [0.05, 0.1) is 6.04 Å². The maximum absolute atomic E-state index is 11.2. The summed E-state index contributed by atoms with van der Waals surface area (Å²) >= 11 is 0. The minimum Gasteiger partial charge on any atom is -0.331 e. The topological polar surface area (TPSA) is 32.3 Å². The van der Waals surface area contributed by atoms with Gasteiger partial charge in [-0.3, -0.25) is 0 Å². The Morgan fingerprint density at radius 1 is 1.15 bits per heavy atom. The Hall–Kier alpha value is -1.51. The first kappa shape index (κ1) is 9.58. The maximum Gasteiger partial charge on any atom is 0.317 e. The summed E-state index contributed by atoms with van der Waals surface area (Å²) in [4.78, 5) is 12.8. The standard InChI is InChI=1S/C10H14N2O/c1-12(2)10(13)11-9-7-5-3-4-6-8-9/h3-9H,1-2H3,(H,11,13). The summed E-state index contributed by atoms with van der Waals surface area (Å²) in [5, 5.41) is 2.83. The Morgan fingerprint density at radius 3 is 2.15 bits per heavy atom. The van der Waals surface area contributed by atoms with Crippen LogP contribution in [0.3, 0.4) is 0 Å². The smallest absolute Gasteiger partial charge is 0.317 e. The fourth-order valence-corrected chi connectivity index (χ4v) is 0.928. The van der Waals surface area contributed by atoms with E-state index in [4.69, 9.17) is 0 Å². The molecule has 1 aliphatic carbocycles. The zero-order chi connectivity index (χ0) is 9.68. The predicted molar refractivity (Wildman–Crippen MR) is 53.4 cm³/mol. The molecular formula is C10H14N2O. The van der Waals surface area contributed by atoms with Crippen molar-refractivity contribution in [2.45, 2.75) is 6.04 Å². The van der Waals surface area contributed by atoms with Crippen LogP contribution in [0, 0.1) is 0 Å². The van der Waals surface area contributed by atoms with Crippen molar-refractivity contribution in [2.75, 3.05) is 14.1 Å².